The van der Waals surface area contributed by atoms with Crippen LogP contribution in [0.3, 0.4) is 0 Å². The van der Waals surface area contributed by atoms with E-state index in [1.54, 1.807) is 69.2 Å². The van der Waals surface area contributed by atoms with E-state index >= 15 is 0 Å². The number of ether oxygens (including phenoxy) is 3. The molecule has 1 amide bonds. The smallest absolute Gasteiger partial charge is 0.251 e. The molecule has 7 nitrogen and oxygen atoms in total. The van der Waals surface area contributed by atoms with E-state index in [2.05, 4.69) is 15.3 Å². The number of methoxy groups -OCH3 is 2. The van der Waals surface area contributed by atoms with Gasteiger partial charge in [0, 0.05) is 42.2 Å². The van der Waals surface area contributed by atoms with E-state index in [-0.39, 0.29) is 5.91 Å². The molecule has 156 valence electrons. The fourth-order valence-corrected chi connectivity index (χ4v) is 3.15. The lowest BCUT2D eigenvalue weighted by molar-refractivity contribution is 0.0950. The average Bonchev–Trinajstić information content (AvgIpc) is 2.82. The van der Waals surface area contributed by atoms with Crippen molar-refractivity contribution in [2.75, 3.05) is 14.2 Å². The predicted octanol–water partition coefficient (Wildman–Crippen LogP) is 4.37. The highest BCUT2D eigenvalue weighted by Gasteiger charge is 2.12. The highest BCUT2D eigenvalue weighted by molar-refractivity contribution is 5.94. The molecule has 0 unspecified atom stereocenters. The first kappa shape index (κ1) is 20.2. The highest BCUT2D eigenvalue weighted by atomic mass is 16.5. The van der Waals surface area contributed by atoms with Gasteiger partial charge in [-0.2, -0.15) is 0 Å². The van der Waals surface area contributed by atoms with Crippen LogP contribution in [0.4, 0.5) is 0 Å². The third-order valence-electron chi connectivity index (χ3n) is 4.73. The lowest BCUT2D eigenvalue weighted by Gasteiger charge is -2.13. The number of carbonyl (C=O) groups excluding carboxylic acids is 1. The maximum absolute atomic E-state index is 12.6. The molecule has 4 rings (SSSR count). The summed E-state index contributed by atoms with van der Waals surface area (Å²) in [7, 11) is 3.16. The largest absolute Gasteiger partial charge is 0.493 e. The van der Waals surface area contributed by atoms with Crippen LogP contribution < -0.4 is 19.5 Å². The summed E-state index contributed by atoms with van der Waals surface area (Å²) in [6.45, 7) is 0.420. The predicted molar refractivity (Wildman–Crippen MR) is 117 cm³/mol. The number of amides is 1. The number of nitrogens with one attached hydrogen (secondary N) is 1. The number of hydrogen-bond acceptors (Lipinski definition) is 6. The molecule has 0 aliphatic carbocycles. The molecule has 0 bridgehead atoms. The fraction of sp³-hybridized carbons (Fsp3) is 0.125. The molecule has 2 aromatic carbocycles. The van der Waals surface area contributed by atoms with Gasteiger partial charge in [0.15, 0.2) is 11.5 Å². The van der Waals surface area contributed by atoms with Gasteiger partial charge in [-0.05, 0) is 48.0 Å². The lowest BCUT2D eigenvalue weighted by Crippen LogP contribution is -2.22. The number of carbonyl (C=O) groups is 1. The summed E-state index contributed by atoms with van der Waals surface area (Å²) in [5, 5.41) is 3.67. The van der Waals surface area contributed by atoms with Gasteiger partial charge in [-0.25, -0.2) is 0 Å². The third kappa shape index (κ3) is 4.56. The van der Waals surface area contributed by atoms with Gasteiger partial charge >= 0.3 is 0 Å². The zero-order chi connectivity index (χ0) is 21.6. The second kappa shape index (κ2) is 9.13. The van der Waals surface area contributed by atoms with E-state index in [0.29, 0.717) is 40.6 Å². The molecule has 31 heavy (non-hydrogen) atoms. The number of aromatic nitrogens is 2. The number of benzene rings is 2. The molecule has 7 heteroatoms. The van der Waals surface area contributed by atoms with Crippen molar-refractivity contribution in [3.05, 3.63) is 84.3 Å². The number of hydrogen-bond donors (Lipinski definition) is 1. The minimum absolute atomic E-state index is 0.187. The monoisotopic (exact) mass is 415 g/mol. The zero-order valence-corrected chi connectivity index (χ0v) is 17.2. The molecular weight excluding hydrogens is 394 g/mol. The van der Waals surface area contributed by atoms with Crippen LogP contribution in [0.25, 0.3) is 10.9 Å². The van der Waals surface area contributed by atoms with Crippen LogP contribution in [0, 0.1) is 0 Å². The first-order chi connectivity index (χ1) is 15.2. The fourth-order valence-electron chi connectivity index (χ4n) is 3.15. The first-order valence-corrected chi connectivity index (χ1v) is 9.63. The van der Waals surface area contributed by atoms with Crippen molar-refractivity contribution < 1.29 is 19.0 Å². The van der Waals surface area contributed by atoms with E-state index in [1.807, 2.05) is 18.2 Å². The van der Waals surface area contributed by atoms with Gasteiger partial charge in [-0.15, -0.1) is 0 Å². The molecule has 0 spiro atoms. The Morgan fingerprint density at radius 1 is 0.903 bits per heavy atom. The Morgan fingerprint density at radius 3 is 2.45 bits per heavy atom. The molecule has 0 radical (unpaired) electrons. The summed E-state index contributed by atoms with van der Waals surface area (Å²) < 4.78 is 16.8. The quantitative estimate of drug-likeness (QED) is 0.483. The number of fused-ring (bicyclic) bond motifs is 1. The minimum Gasteiger partial charge on any atom is -0.493 e. The van der Waals surface area contributed by atoms with Crippen LogP contribution in [0.5, 0.6) is 23.0 Å². The summed E-state index contributed by atoms with van der Waals surface area (Å²) in [5.74, 6) is 2.12. The zero-order valence-electron chi connectivity index (χ0n) is 17.2. The average molecular weight is 415 g/mol. The van der Waals surface area contributed by atoms with E-state index in [0.717, 1.165) is 10.9 Å². The van der Waals surface area contributed by atoms with Gasteiger partial charge in [0.25, 0.3) is 5.91 Å². The summed E-state index contributed by atoms with van der Waals surface area (Å²) in [6.07, 6.45) is 5.05. The minimum atomic E-state index is -0.187. The number of rotatable bonds is 7. The summed E-state index contributed by atoms with van der Waals surface area (Å²) in [5.41, 5.74) is 2.19. The van der Waals surface area contributed by atoms with Crippen molar-refractivity contribution in [3.63, 3.8) is 0 Å². The Labute approximate surface area is 179 Å². The maximum Gasteiger partial charge on any atom is 0.251 e. The van der Waals surface area contributed by atoms with Crippen LogP contribution in [0.1, 0.15) is 15.9 Å². The van der Waals surface area contributed by atoms with Gasteiger partial charge < -0.3 is 19.5 Å². The molecule has 0 fully saturated rings. The normalized spacial score (nSPS) is 10.5. The molecule has 2 heterocycles. The second-order valence-corrected chi connectivity index (χ2v) is 6.70. The molecule has 4 aromatic rings. The van der Waals surface area contributed by atoms with E-state index in [4.69, 9.17) is 14.2 Å². The van der Waals surface area contributed by atoms with Gasteiger partial charge in [-0.3, -0.25) is 14.8 Å². The van der Waals surface area contributed by atoms with E-state index in [9.17, 15) is 4.79 Å². The summed E-state index contributed by atoms with van der Waals surface area (Å²) in [6, 6.07) is 16.1. The maximum atomic E-state index is 12.6. The van der Waals surface area contributed by atoms with Crippen molar-refractivity contribution in [2.45, 2.75) is 6.54 Å². The Morgan fingerprint density at radius 2 is 1.68 bits per heavy atom. The van der Waals surface area contributed by atoms with Crippen LogP contribution >= 0.6 is 0 Å². The van der Waals surface area contributed by atoms with Crippen LogP contribution in [-0.4, -0.2) is 30.1 Å². The standard InChI is InChI=1S/C24H21N3O4/c1-29-22-13-19-20(14-23(22)30-2)26-11-8-21(19)31-18-5-3-4-17(12-18)24(28)27-15-16-6-9-25-10-7-16/h3-14H,15H2,1-2H3,(H,27,28). The number of nitrogens with zero attached hydrogens (tertiary/aromatic N) is 2. The Balaban J connectivity index is 1.56. The van der Waals surface area contributed by atoms with Crippen molar-refractivity contribution in [3.8, 4) is 23.0 Å². The summed E-state index contributed by atoms with van der Waals surface area (Å²) >= 11 is 0. The van der Waals surface area contributed by atoms with Crippen molar-refractivity contribution in [2.24, 2.45) is 0 Å². The molecule has 0 saturated carbocycles. The molecule has 0 saturated heterocycles. The Kier molecular flexibility index (Phi) is 5.93. The van der Waals surface area contributed by atoms with E-state index in [1.165, 1.54) is 0 Å². The Hall–Kier alpha value is -4.13. The van der Waals surface area contributed by atoms with E-state index < -0.39 is 0 Å². The molecule has 0 atom stereocenters. The first-order valence-electron chi connectivity index (χ1n) is 9.63. The number of pyridine rings is 2. The summed E-state index contributed by atoms with van der Waals surface area (Å²) in [4.78, 5) is 20.9. The lowest BCUT2D eigenvalue weighted by atomic mass is 10.1. The molecule has 0 aliphatic rings. The molecule has 2 aromatic heterocycles. The van der Waals surface area contributed by atoms with Gasteiger partial charge in [0.2, 0.25) is 0 Å². The highest BCUT2D eigenvalue weighted by Crippen LogP contribution is 2.36. The topological polar surface area (TPSA) is 82.6 Å². The van der Waals surface area contributed by atoms with Gasteiger partial charge in [-0.1, -0.05) is 6.07 Å². The van der Waals surface area contributed by atoms with Crippen molar-refractivity contribution in [1.82, 2.24) is 15.3 Å². The van der Waals surface area contributed by atoms with Crippen LogP contribution in [0.2, 0.25) is 0 Å². The van der Waals surface area contributed by atoms with Crippen LogP contribution in [0.15, 0.2) is 73.2 Å². The van der Waals surface area contributed by atoms with Gasteiger partial charge in [0.1, 0.15) is 11.5 Å². The van der Waals surface area contributed by atoms with Crippen LogP contribution in [-0.2, 0) is 6.54 Å². The Bertz CT molecular complexity index is 1210. The molecule has 0 aliphatic heterocycles. The molecule has 1 N–H and O–H groups in total. The van der Waals surface area contributed by atoms with Gasteiger partial charge in [0.05, 0.1) is 19.7 Å². The third-order valence-corrected chi connectivity index (χ3v) is 4.73. The van der Waals surface area contributed by atoms with Crippen molar-refractivity contribution >= 4 is 16.8 Å². The second-order valence-electron chi connectivity index (χ2n) is 6.70. The van der Waals surface area contributed by atoms with Crippen molar-refractivity contribution in [1.29, 1.82) is 0 Å². The SMILES string of the molecule is COc1cc2nccc(Oc3cccc(C(=O)NCc4ccncc4)c3)c2cc1OC. The molecular formula is C24H21N3O4.